The van der Waals surface area contributed by atoms with E-state index in [1.165, 1.54) is 12.1 Å². The minimum Gasteiger partial charge on any atom is -0.508 e. The molecule has 0 spiro atoms. The Kier molecular flexibility index (Phi) is 5.64. The number of hydrogen-bond donors (Lipinski definition) is 3. The number of aromatic hydroxyl groups is 2. The van der Waals surface area contributed by atoms with Gasteiger partial charge in [-0.25, -0.2) is 0 Å². The molecule has 0 atom stereocenters. The van der Waals surface area contributed by atoms with E-state index >= 15 is 0 Å². The molecule has 5 nitrogen and oxygen atoms in total. The van der Waals surface area contributed by atoms with Gasteiger partial charge in [-0.3, -0.25) is 4.79 Å². The van der Waals surface area contributed by atoms with Gasteiger partial charge in [-0.15, -0.1) is 11.3 Å². The van der Waals surface area contributed by atoms with Crippen molar-refractivity contribution in [3.63, 3.8) is 0 Å². The second-order valence-electron chi connectivity index (χ2n) is 7.31. The molecule has 0 fully saturated rings. The Bertz CT molecular complexity index is 1250. The van der Waals surface area contributed by atoms with E-state index in [1.54, 1.807) is 35.6 Å². The van der Waals surface area contributed by atoms with Crippen LogP contribution in [-0.2, 0) is 0 Å². The van der Waals surface area contributed by atoms with E-state index < -0.39 is 0 Å². The first-order valence-electron chi connectivity index (χ1n) is 9.73. The summed E-state index contributed by atoms with van der Waals surface area (Å²) < 4.78 is 0. The van der Waals surface area contributed by atoms with Gasteiger partial charge in [0.1, 0.15) is 11.5 Å². The van der Waals surface area contributed by atoms with Crippen LogP contribution in [0.2, 0.25) is 0 Å². The maximum atomic E-state index is 13.0. The third-order valence-electron chi connectivity index (χ3n) is 4.89. The van der Waals surface area contributed by atoms with Crippen LogP contribution in [0.15, 0.2) is 78.9 Å². The van der Waals surface area contributed by atoms with E-state index in [2.05, 4.69) is 22.3 Å². The molecule has 3 aromatic carbocycles. The van der Waals surface area contributed by atoms with Gasteiger partial charge in [-0.2, -0.15) is 0 Å². The number of amides is 1. The molecule has 0 aliphatic heterocycles. The molecule has 0 aliphatic carbocycles. The molecule has 0 aliphatic rings. The Morgan fingerprint density at radius 2 is 1.68 bits per heavy atom. The lowest BCUT2D eigenvalue weighted by atomic mass is 10.0. The fourth-order valence-corrected chi connectivity index (χ4v) is 4.27. The van der Waals surface area contributed by atoms with E-state index in [0.717, 1.165) is 21.1 Å². The molecular weight excluding hydrogens is 408 g/mol. The Morgan fingerprint density at radius 3 is 2.42 bits per heavy atom. The molecule has 6 heteroatoms. The number of nitrogens with one attached hydrogen (secondary N) is 1. The number of phenolic OH excluding ortho intramolecular Hbond substituents is 2. The van der Waals surface area contributed by atoms with E-state index in [1.807, 2.05) is 44.4 Å². The Balaban J connectivity index is 1.62. The van der Waals surface area contributed by atoms with Crippen LogP contribution in [-0.4, -0.2) is 30.2 Å². The van der Waals surface area contributed by atoms with Gasteiger partial charge in [-0.1, -0.05) is 30.3 Å². The maximum Gasteiger partial charge on any atom is 0.255 e. The Labute approximate surface area is 184 Å². The molecule has 4 aromatic rings. The average Bonchev–Trinajstić information content (AvgIpc) is 3.25. The normalized spacial score (nSPS) is 10.6. The quantitative estimate of drug-likeness (QED) is 0.373. The molecule has 4 rings (SSSR count). The van der Waals surface area contributed by atoms with Crippen LogP contribution in [0.1, 0.15) is 10.4 Å². The van der Waals surface area contributed by atoms with Crippen LogP contribution in [0.25, 0.3) is 21.6 Å². The fraction of sp³-hybridized carbons (Fsp3) is 0.0800. The summed E-state index contributed by atoms with van der Waals surface area (Å²) >= 11 is 1.66. The van der Waals surface area contributed by atoms with Crippen LogP contribution in [0.3, 0.4) is 0 Å². The number of para-hydroxylation sites is 1. The SMILES string of the molecule is CN(C)c1ccc(-c2ccccc2NC(=O)c2cccc(-c3ccc(O)cc3O)c2)s1. The molecule has 0 unspecified atom stereocenters. The zero-order valence-corrected chi connectivity index (χ0v) is 18.0. The second-order valence-corrected chi connectivity index (χ2v) is 8.38. The number of carbonyl (C=O) groups excluding carboxylic acids is 1. The lowest BCUT2D eigenvalue weighted by molar-refractivity contribution is 0.102. The zero-order chi connectivity index (χ0) is 22.0. The summed E-state index contributed by atoms with van der Waals surface area (Å²) in [6.07, 6.45) is 0. The highest BCUT2D eigenvalue weighted by Gasteiger charge is 2.14. The van der Waals surface area contributed by atoms with Gasteiger partial charge in [0.2, 0.25) is 0 Å². The number of hydrogen-bond acceptors (Lipinski definition) is 5. The summed E-state index contributed by atoms with van der Waals surface area (Å²) in [5, 5.41) is 23.8. The molecule has 0 bridgehead atoms. The number of nitrogens with zero attached hydrogens (tertiary/aromatic N) is 1. The van der Waals surface area contributed by atoms with Crippen molar-refractivity contribution in [2.75, 3.05) is 24.3 Å². The van der Waals surface area contributed by atoms with Crippen molar-refractivity contribution in [2.45, 2.75) is 0 Å². The molecule has 1 aromatic heterocycles. The van der Waals surface area contributed by atoms with Gasteiger partial charge >= 0.3 is 0 Å². The van der Waals surface area contributed by atoms with Crippen molar-refractivity contribution in [1.82, 2.24) is 0 Å². The van der Waals surface area contributed by atoms with Crippen LogP contribution in [0.4, 0.5) is 10.7 Å². The number of anilines is 2. The number of carbonyl (C=O) groups is 1. The third-order valence-corrected chi connectivity index (χ3v) is 6.18. The van der Waals surface area contributed by atoms with Gasteiger partial charge < -0.3 is 20.4 Å². The van der Waals surface area contributed by atoms with Gasteiger partial charge in [-0.05, 0) is 48.0 Å². The predicted octanol–water partition coefficient (Wildman–Crippen LogP) is 5.81. The minimum absolute atomic E-state index is 0.0160. The summed E-state index contributed by atoms with van der Waals surface area (Å²) in [7, 11) is 4.00. The van der Waals surface area contributed by atoms with Crippen LogP contribution < -0.4 is 10.2 Å². The highest BCUT2D eigenvalue weighted by molar-refractivity contribution is 7.19. The minimum atomic E-state index is -0.239. The standard InChI is InChI=1S/C25H22N2O3S/c1-27(2)24-13-12-23(31-24)20-8-3-4-9-21(20)26-25(30)17-7-5-6-16(14-17)19-11-10-18(28)15-22(19)29/h3-15,28-29H,1-2H3,(H,26,30). The molecule has 0 saturated carbocycles. The highest BCUT2D eigenvalue weighted by Crippen LogP contribution is 2.37. The van der Waals surface area contributed by atoms with Crippen molar-refractivity contribution in [1.29, 1.82) is 0 Å². The van der Waals surface area contributed by atoms with Crippen LogP contribution >= 0.6 is 11.3 Å². The zero-order valence-electron chi connectivity index (χ0n) is 17.2. The smallest absolute Gasteiger partial charge is 0.255 e. The van der Waals surface area contributed by atoms with E-state index in [4.69, 9.17) is 0 Å². The van der Waals surface area contributed by atoms with Crippen molar-refractivity contribution >= 4 is 27.9 Å². The van der Waals surface area contributed by atoms with Crippen LogP contribution in [0.5, 0.6) is 11.5 Å². The molecule has 0 radical (unpaired) electrons. The lowest BCUT2D eigenvalue weighted by Crippen LogP contribution is -2.12. The van der Waals surface area contributed by atoms with Crippen molar-refractivity contribution < 1.29 is 15.0 Å². The van der Waals surface area contributed by atoms with E-state index in [0.29, 0.717) is 16.7 Å². The maximum absolute atomic E-state index is 13.0. The molecule has 1 heterocycles. The third kappa shape index (κ3) is 4.39. The van der Waals surface area contributed by atoms with Gasteiger partial charge in [0.15, 0.2) is 0 Å². The fourth-order valence-electron chi connectivity index (χ4n) is 3.31. The number of rotatable bonds is 5. The van der Waals surface area contributed by atoms with E-state index in [-0.39, 0.29) is 17.4 Å². The van der Waals surface area contributed by atoms with Crippen molar-refractivity contribution in [3.05, 3.63) is 84.4 Å². The lowest BCUT2D eigenvalue weighted by Gasteiger charge is -2.12. The summed E-state index contributed by atoms with van der Waals surface area (Å²) in [4.78, 5) is 16.1. The van der Waals surface area contributed by atoms with Gasteiger partial charge in [0.25, 0.3) is 5.91 Å². The van der Waals surface area contributed by atoms with Gasteiger partial charge in [0.05, 0.1) is 5.00 Å². The Hall–Kier alpha value is -3.77. The monoisotopic (exact) mass is 430 g/mol. The average molecular weight is 431 g/mol. The number of phenols is 2. The topological polar surface area (TPSA) is 72.8 Å². The summed E-state index contributed by atoms with van der Waals surface area (Å²) in [5.74, 6) is -0.299. The van der Waals surface area contributed by atoms with Gasteiger partial charge in [0, 0.05) is 47.4 Å². The Morgan fingerprint density at radius 1 is 0.871 bits per heavy atom. The van der Waals surface area contributed by atoms with E-state index in [9.17, 15) is 15.0 Å². The van der Waals surface area contributed by atoms with Crippen LogP contribution in [0, 0.1) is 0 Å². The summed E-state index contributed by atoms with van der Waals surface area (Å²) in [6, 6.07) is 23.3. The van der Waals surface area contributed by atoms with Crippen molar-refractivity contribution in [3.8, 4) is 33.1 Å². The molecular formula is C25H22N2O3S. The second kappa shape index (κ2) is 8.53. The largest absolute Gasteiger partial charge is 0.508 e. The molecule has 1 amide bonds. The molecule has 3 N–H and O–H groups in total. The molecule has 0 saturated heterocycles. The number of thiophene rings is 1. The number of benzene rings is 3. The first-order chi connectivity index (χ1) is 14.9. The first-order valence-corrected chi connectivity index (χ1v) is 10.5. The molecule has 156 valence electrons. The summed E-state index contributed by atoms with van der Waals surface area (Å²) in [6.45, 7) is 0. The van der Waals surface area contributed by atoms with Crippen molar-refractivity contribution in [2.24, 2.45) is 0 Å². The predicted molar refractivity (Wildman–Crippen MR) is 127 cm³/mol. The summed E-state index contributed by atoms with van der Waals surface area (Å²) in [5.41, 5.74) is 3.40. The molecule has 31 heavy (non-hydrogen) atoms. The first kappa shape index (κ1) is 20.5. The highest BCUT2D eigenvalue weighted by atomic mass is 32.1.